The molecule has 0 aliphatic rings. The third kappa shape index (κ3) is 4.37. The van der Waals surface area contributed by atoms with Gasteiger partial charge in [-0.15, -0.1) is 23.1 Å². The summed E-state index contributed by atoms with van der Waals surface area (Å²) in [7, 11) is 0. The number of thioether (sulfide) groups is 1. The van der Waals surface area contributed by atoms with E-state index in [0.717, 1.165) is 6.54 Å². The maximum atomic E-state index is 3.70. The second-order valence-corrected chi connectivity index (χ2v) is 7.72. The van der Waals surface area contributed by atoms with Gasteiger partial charge in [-0.25, -0.2) is 0 Å². The normalized spacial score (nSPS) is 14.2. The van der Waals surface area contributed by atoms with Crippen molar-refractivity contribution < 1.29 is 0 Å². The number of nitrogens with one attached hydrogen (secondary N) is 1. The third-order valence-electron chi connectivity index (χ3n) is 3.32. The van der Waals surface area contributed by atoms with Gasteiger partial charge >= 0.3 is 0 Å². The minimum absolute atomic E-state index is 0.405. The zero-order chi connectivity index (χ0) is 14.4. The van der Waals surface area contributed by atoms with E-state index in [-0.39, 0.29) is 0 Å². The predicted octanol–water partition coefficient (Wildman–Crippen LogP) is 5.28. The van der Waals surface area contributed by atoms with Gasteiger partial charge in [0.15, 0.2) is 0 Å². The van der Waals surface area contributed by atoms with E-state index >= 15 is 0 Å². The fourth-order valence-corrected chi connectivity index (χ4v) is 4.42. The lowest BCUT2D eigenvalue weighted by atomic mass is 10.0. The highest BCUT2D eigenvalue weighted by Gasteiger charge is 2.19. The molecule has 2 unspecified atom stereocenters. The first-order valence-electron chi connectivity index (χ1n) is 7.21. The van der Waals surface area contributed by atoms with E-state index in [9.17, 15) is 0 Å². The number of aryl methyl sites for hydroxylation is 1. The van der Waals surface area contributed by atoms with Crippen molar-refractivity contribution in [2.24, 2.45) is 0 Å². The number of thiophene rings is 1. The molecule has 3 heteroatoms. The molecule has 0 radical (unpaired) electrons. The van der Waals surface area contributed by atoms with Gasteiger partial charge in [-0.1, -0.05) is 49.7 Å². The van der Waals surface area contributed by atoms with Crippen molar-refractivity contribution in [2.75, 3.05) is 6.54 Å². The molecule has 2 aromatic rings. The van der Waals surface area contributed by atoms with Crippen molar-refractivity contribution in [3.8, 4) is 0 Å². The first-order valence-corrected chi connectivity index (χ1v) is 8.96. The van der Waals surface area contributed by atoms with Crippen LogP contribution in [0.2, 0.25) is 0 Å². The molecular weight excluding hydrogens is 282 g/mol. The predicted molar refractivity (Wildman–Crippen MR) is 91.9 cm³/mol. The van der Waals surface area contributed by atoms with Crippen molar-refractivity contribution in [1.29, 1.82) is 0 Å². The van der Waals surface area contributed by atoms with E-state index in [0.29, 0.717) is 11.3 Å². The van der Waals surface area contributed by atoms with Crippen LogP contribution >= 0.6 is 23.1 Å². The summed E-state index contributed by atoms with van der Waals surface area (Å²) < 4.78 is 1.40. The molecule has 0 bridgehead atoms. The topological polar surface area (TPSA) is 12.0 Å². The lowest BCUT2D eigenvalue weighted by Gasteiger charge is -2.25. The molecule has 2 atom stereocenters. The van der Waals surface area contributed by atoms with Gasteiger partial charge in [0.2, 0.25) is 0 Å². The summed E-state index contributed by atoms with van der Waals surface area (Å²) in [5.41, 5.74) is 2.71. The van der Waals surface area contributed by atoms with Gasteiger partial charge in [-0.2, -0.15) is 0 Å². The SMILES string of the molecule is CCCNC(c1ccc(C)cc1)C(C)Sc1cccs1. The summed E-state index contributed by atoms with van der Waals surface area (Å²) in [5, 5.41) is 6.37. The first-order chi connectivity index (χ1) is 9.70. The average molecular weight is 306 g/mol. The Morgan fingerprint density at radius 2 is 1.95 bits per heavy atom. The van der Waals surface area contributed by atoms with Crippen LogP contribution in [0.1, 0.15) is 37.4 Å². The monoisotopic (exact) mass is 305 g/mol. The summed E-state index contributed by atoms with van der Waals surface area (Å²) in [6.07, 6.45) is 1.17. The minimum atomic E-state index is 0.405. The molecule has 1 heterocycles. The molecule has 0 saturated carbocycles. The largest absolute Gasteiger partial charge is 0.309 e. The Balaban J connectivity index is 2.11. The van der Waals surface area contributed by atoms with E-state index in [4.69, 9.17) is 0 Å². The molecule has 108 valence electrons. The van der Waals surface area contributed by atoms with Crippen LogP contribution in [0.3, 0.4) is 0 Å². The molecule has 1 N–H and O–H groups in total. The molecule has 0 saturated heterocycles. The van der Waals surface area contributed by atoms with Crippen LogP contribution in [0.15, 0.2) is 46.0 Å². The van der Waals surface area contributed by atoms with E-state index in [2.05, 4.69) is 67.9 Å². The number of benzene rings is 1. The highest BCUT2D eigenvalue weighted by molar-refractivity contribution is 8.01. The molecular formula is C17H23NS2. The zero-order valence-electron chi connectivity index (χ0n) is 12.4. The molecule has 1 nitrogen and oxygen atoms in total. The summed E-state index contributed by atoms with van der Waals surface area (Å²) in [6, 6.07) is 13.7. The molecule has 0 aliphatic heterocycles. The Bertz CT molecular complexity index is 490. The molecule has 1 aromatic heterocycles. The lowest BCUT2D eigenvalue weighted by molar-refractivity contribution is 0.528. The Labute approximate surface area is 130 Å². The van der Waals surface area contributed by atoms with E-state index in [1.165, 1.54) is 21.8 Å². The van der Waals surface area contributed by atoms with Crippen LogP contribution in [0.4, 0.5) is 0 Å². The molecule has 0 fully saturated rings. The summed E-state index contributed by atoms with van der Waals surface area (Å²) in [5.74, 6) is 0. The second-order valence-electron chi connectivity index (χ2n) is 5.10. The minimum Gasteiger partial charge on any atom is -0.309 e. The Hall–Kier alpha value is -0.770. The molecule has 1 aromatic carbocycles. The standard InChI is InChI=1S/C17H23NS2/c1-4-11-18-17(15-9-7-13(2)8-10-15)14(3)20-16-6-5-12-19-16/h5-10,12,14,17-18H,4,11H2,1-3H3. The fourth-order valence-electron chi connectivity index (χ4n) is 2.21. The smallest absolute Gasteiger partial charge is 0.0601 e. The van der Waals surface area contributed by atoms with Gasteiger partial charge in [0.1, 0.15) is 0 Å². The number of hydrogen-bond acceptors (Lipinski definition) is 3. The highest BCUT2D eigenvalue weighted by atomic mass is 32.2. The van der Waals surface area contributed by atoms with Crippen molar-refractivity contribution in [3.63, 3.8) is 0 Å². The fraction of sp³-hybridized carbons (Fsp3) is 0.412. The van der Waals surface area contributed by atoms with Crippen molar-refractivity contribution in [2.45, 2.75) is 42.7 Å². The van der Waals surface area contributed by atoms with Crippen molar-refractivity contribution in [3.05, 3.63) is 52.9 Å². The van der Waals surface area contributed by atoms with Crippen LogP contribution in [0.5, 0.6) is 0 Å². The van der Waals surface area contributed by atoms with Crippen molar-refractivity contribution in [1.82, 2.24) is 5.32 Å². The molecule has 0 aliphatic carbocycles. The van der Waals surface area contributed by atoms with Crippen LogP contribution in [0, 0.1) is 6.92 Å². The molecule has 0 amide bonds. The Kier molecular flexibility index (Phi) is 6.14. The summed E-state index contributed by atoms with van der Waals surface area (Å²) >= 11 is 3.79. The van der Waals surface area contributed by atoms with Gasteiger partial charge in [0, 0.05) is 11.3 Å². The van der Waals surface area contributed by atoms with Crippen LogP contribution in [-0.4, -0.2) is 11.8 Å². The zero-order valence-corrected chi connectivity index (χ0v) is 14.1. The quantitative estimate of drug-likeness (QED) is 0.699. The maximum Gasteiger partial charge on any atom is 0.0601 e. The Morgan fingerprint density at radius 1 is 1.20 bits per heavy atom. The van der Waals surface area contributed by atoms with Gasteiger partial charge in [-0.3, -0.25) is 0 Å². The van der Waals surface area contributed by atoms with Gasteiger partial charge in [0.25, 0.3) is 0 Å². The average Bonchev–Trinajstić information content (AvgIpc) is 2.94. The van der Waals surface area contributed by atoms with Crippen LogP contribution < -0.4 is 5.32 Å². The summed E-state index contributed by atoms with van der Waals surface area (Å²) in [4.78, 5) is 0. The number of hydrogen-bond donors (Lipinski definition) is 1. The van der Waals surface area contributed by atoms with Crippen LogP contribution in [-0.2, 0) is 0 Å². The van der Waals surface area contributed by atoms with Gasteiger partial charge in [-0.05, 0) is 36.9 Å². The second kappa shape index (κ2) is 7.87. The molecule has 0 spiro atoms. The van der Waals surface area contributed by atoms with Crippen molar-refractivity contribution >= 4 is 23.1 Å². The summed E-state index contributed by atoms with van der Waals surface area (Å²) in [6.45, 7) is 7.74. The van der Waals surface area contributed by atoms with Gasteiger partial charge in [0.05, 0.1) is 4.21 Å². The highest BCUT2D eigenvalue weighted by Crippen LogP contribution is 2.34. The molecule has 2 rings (SSSR count). The third-order valence-corrected chi connectivity index (χ3v) is 5.57. The van der Waals surface area contributed by atoms with E-state index in [1.54, 1.807) is 0 Å². The Morgan fingerprint density at radius 3 is 2.55 bits per heavy atom. The first kappa shape index (κ1) is 15.6. The lowest BCUT2D eigenvalue weighted by Crippen LogP contribution is -2.29. The van der Waals surface area contributed by atoms with Gasteiger partial charge < -0.3 is 5.32 Å². The van der Waals surface area contributed by atoms with E-state index < -0.39 is 0 Å². The number of rotatable bonds is 7. The van der Waals surface area contributed by atoms with Crippen LogP contribution in [0.25, 0.3) is 0 Å². The maximum absolute atomic E-state index is 3.70. The van der Waals surface area contributed by atoms with E-state index in [1.807, 2.05) is 23.1 Å². The molecule has 20 heavy (non-hydrogen) atoms.